The van der Waals surface area contributed by atoms with Gasteiger partial charge in [0.05, 0.1) is 17.1 Å². The highest BCUT2D eigenvalue weighted by molar-refractivity contribution is 5.80. The van der Waals surface area contributed by atoms with Crippen LogP contribution in [0.3, 0.4) is 0 Å². The average molecular weight is 351 g/mol. The first-order chi connectivity index (χ1) is 12.5. The molecular formula is C20H25N5O. The first kappa shape index (κ1) is 17.9. The quantitative estimate of drug-likeness (QED) is 0.738. The van der Waals surface area contributed by atoms with E-state index in [4.69, 9.17) is 0 Å². The first-order valence-corrected chi connectivity index (χ1v) is 8.82. The van der Waals surface area contributed by atoms with E-state index in [1.54, 1.807) is 24.3 Å². The van der Waals surface area contributed by atoms with E-state index >= 15 is 0 Å². The number of urea groups is 1. The maximum atomic E-state index is 12.4. The first-order valence-electron chi connectivity index (χ1n) is 8.82. The summed E-state index contributed by atoms with van der Waals surface area (Å²) in [5.41, 5.74) is 5.48. The molecule has 6 nitrogen and oxygen atoms in total. The van der Waals surface area contributed by atoms with Crippen molar-refractivity contribution in [2.75, 3.05) is 13.6 Å². The lowest BCUT2D eigenvalue weighted by Crippen LogP contribution is -2.39. The number of amides is 2. The van der Waals surface area contributed by atoms with Gasteiger partial charge in [0.2, 0.25) is 0 Å². The number of fused-ring (bicyclic) bond motifs is 1. The van der Waals surface area contributed by atoms with Gasteiger partial charge in [-0.1, -0.05) is 12.1 Å². The molecule has 1 atom stereocenters. The van der Waals surface area contributed by atoms with E-state index in [9.17, 15) is 4.79 Å². The van der Waals surface area contributed by atoms with E-state index in [0.29, 0.717) is 13.0 Å². The molecule has 2 amide bonds. The van der Waals surface area contributed by atoms with Crippen molar-refractivity contribution < 1.29 is 4.79 Å². The molecule has 2 aromatic heterocycles. The molecule has 0 aliphatic carbocycles. The Balaban J connectivity index is 1.57. The number of carbonyl (C=O) groups is 1. The molecule has 0 saturated heterocycles. The van der Waals surface area contributed by atoms with Crippen LogP contribution in [0.15, 0.2) is 36.7 Å². The fourth-order valence-corrected chi connectivity index (χ4v) is 2.92. The lowest BCUT2D eigenvalue weighted by atomic mass is 10.1. The van der Waals surface area contributed by atoms with Gasteiger partial charge < -0.3 is 15.2 Å². The van der Waals surface area contributed by atoms with Gasteiger partial charge in [-0.15, -0.1) is 0 Å². The molecule has 136 valence electrons. The standard InChI is InChI=1S/C20H25N5O/c1-13-7-8-17-19(14(13)2)24-18(23-17)9-11-22-20(26)25(4)15(3)16-6-5-10-21-12-16/h5-8,10,12,15H,9,11H2,1-4H3,(H,22,26)(H,23,24)/t15-/m0/s1. The summed E-state index contributed by atoms with van der Waals surface area (Å²) in [6.45, 7) is 6.68. The van der Waals surface area contributed by atoms with E-state index in [2.05, 4.69) is 46.2 Å². The summed E-state index contributed by atoms with van der Waals surface area (Å²) in [4.78, 5) is 26.2. The van der Waals surface area contributed by atoms with Crippen molar-refractivity contribution >= 4 is 17.1 Å². The van der Waals surface area contributed by atoms with Crippen molar-refractivity contribution in [2.45, 2.75) is 33.2 Å². The van der Waals surface area contributed by atoms with E-state index in [1.165, 1.54) is 11.1 Å². The number of pyridine rings is 1. The molecule has 3 rings (SSSR count). The van der Waals surface area contributed by atoms with Crippen LogP contribution in [0.5, 0.6) is 0 Å². The summed E-state index contributed by atoms with van der Waals surface area (Å²) < 4.78 is 0. The van der Waals surface area contributed by atoms with Gasteiger partial charge in [-0.05, 0) is 49.6 Å². The van der Waals surface area contributed by atoms with Gasteiger partial charge in [-0.3, -0.25) is 4.98 Å². The molecule has 0 aliphatic heterocycles. The van der Waals surface area contributed by atoms with Gasteiger partial charge in [0.15, 0.2) is 0 Å². The van der Waals surface area contributed by atoms with Crippen molar-refractivity contribution in [3.05, 3.63) is 59.2 Å². The van der Waals surface area contributed by atoms with Gasteiger partial charge in [-0.2, -0.15) is 0 Å². The van der Waals surface area contributed by atoms with Gasteiger partial charge >= 0.3 is 6.03 Å². The van der Waals surface area contributed by atoms with E-state index in [0.717, 1.165) is 22.4 Å². The second-order valence-electron chi connectivity index (χ2n) is 6.64. The van der Waals surface area contributed by atoms with Crippen LogP contribution >= 0.6 is 0 Å². The number of aryl methyl sites for hydroxylation is 2. The number of aromatic nitrogens is 3. The molecular weight excluding hydrogens is 326 g/mol. The number of imidazole rings is 1. The highest BCUT2D eigenvalue weighted by Crippen LogP contribution is 2.19. The van der Waals surface area contributed by atoms with Gasteiger partial charge in [0, 0.05) is 32.4 Å². The molecule has 0 aliphatic rings. The topological polar surface area (TPSA) is 73.9 Å². The Morgan fingerprint density at radius 3 is 2.85 bits per heavy atom. The minimum atomic E-state index is -0.107. The predicted octanol–water partition coefficient (Wildman–Crippen LogP) is 3.52. The average Bonchev–Trinajstić information content (AvgIpc) is 3.08. The fraction of sp³-hybridized carbons (Fsp3) is 0.350. The summed E-state index contributed by atoms with van der Waals surface area (Å²) in [6, 6.07) is 7.85. The SMILES string of the molecule is Cc1ccc2[nH]c(CCNC(=O)N(C)[C@@H](C)c3cccnc3)nc2c1C. The summed E-state index contributed by atoms with van der Waals surface area (Å²) in [6.07, 6.45) is 4.17. The van der Waals surface area contributed by atoms with Gasteiger partial charge in [0.25, 0.3) is 0 Å². The fourth-order valence-electron chi connectivity index (χ4n) is 2.92. The number of H-pyrrole nitrogens is 1. The Hall–Kier alpha value is -2.89. The third-order valence-corrected chi connectivity index (χ3v) is 4.93. The van der Waals surface area contributed by atoms with Crippen molar-refractivity contribution in [3.8, 4) is 0 Å². The zero-order valence-electron chi connectivity index (χ0n) is 15.7. The summed E-state index contributed by atoms with van der Waals surface area (Å²) >= 11 is 0. The molecule has 2 N–H and O–H groups in total. The number of carbonyl (C=O) groups excluding carboxylic acids is 1. The molecule has 26 heavy (non-hydrogen) atoms. The van der Waals surface area contributed by atoms with Crippen LogP contribution in [-0.4, -0.2) is 39.5 Å². The zero-order valence-corrected chi connectivity index (χ0v) is 15.7. The van der Waals surface area contributed by atoms with Crippen molar-refractivity contribution in [2.24, 2.45) is 0 Å². The number of nitrogens with one attached hydrogen (secondary N) is 2. The third kappa shape index (κ3) is 3.69. The number of hydrogen-bond acceptors (Lipinski definition) is 3. The number of nitrogens with zero attached hydrogens (tertiary/aromatic N) is 3. The second kappa shape index (κ2) is 7.56. The molecule has 1 aromatic carbocycles. The maximum Gasteiger partial charge on any atom is 0.317 e. The van der Waals surface area contributed by atoms with Crippen molar-refractivity contribution in [3.63, 3.8) is 0 Å². The minimum absolute atomic E-state index is 0.0412. The molecule has 0 fully saturated rings. The number of hydrogen-bond donors (Lipinski definition) is 2. The molecule has 0 saturated carbocycles. The third-order valence-electron chi connectivity index (χ3n) is 4.93. The molecule has 2 heterocycles. The molecule has 3 aromatic rings. The molecule has 0 radical (unpaired) electrons. The highest BCUT2D eigenvalue weighted by Gasteiger charge is 2.17. The molecule has 0 spiro atoms. The van der Waals surface area contributed by atoms with Crippen LogP contribution in [-0.2, 0) is 6.42 Å². The van der Waals surface area contributed by atoms with Crippen LogP contribution in [0.4, 0.5) is 4.79 Å². The lowest BCUT2D eigenvalue weighted by Gasteiger charge is -2.25. The highest BCUT2D eigenvalue weighted by atomic mass is 16.2. The lowest BCUT2D eigenvalue weighted by molar-refractivity contribution is 0.194. The number of rotatable bonds is 5. The molecule has 0 unspecified atom stereocenters. The van der Waals surface area contributed by atoms with Crippen molar-refractivity contribution in [1.82, 2.24) is 25.2 Å². The summed E-state index contributed by atoms with van der Waals surface area (Å²) in [5.74, 6) is 0.886. The Labute approximate surface area is 153 Å². The van der Waals surface area contributed by atoms with E-state index < -0.39 is 0 Å². The van der Waals surface area contributed by atoms with Crippen LogP contribution in [0.1, 0.15) is 35.5 Å². The number of benzene rings is 1. The Bertz CT molecular complexity index is 903. The predicted molar refractivity (Wildman–Crippen MR) is 103 cm³/mol. The monoisotopic (exact) mass is 351 g/mol. The van der Waals surface area contributed by atoms with Crippen LogP contribution < -0.4 is 5.32 Å². The normalized spacial score (nSPS) is 12.2. The Morgan fingerprint density at radius 1 is 1.31 bits per heavy atom. The maximum absolute atomic E-state index is 12.4. The van der Waals surface area contributed by atoms with Gasteiger partial charge in [0.1, 0.15) is 5.82 Å². The molecule has 6 heteroatoms. The van der Waals surface area contributed by atoms with Crippen LogP contribution in [0.25, 0.3) is 11.0 Å². The van der Waals surface area contributed by atoms with E-state index in [1.807, 2.05) is 19.1 Å². The smallest absolute Gasteiger partial charge is 0.317 e. The van der Waals surface area contributed by atoms with Crippen LogP contribution in [0, 0.1) is 13.8 Å². The van der Waals surface area contributed by atoms with Gasteiger partial charge in [-0.25, -0.2) is 9.78 Å². The summed E-state index contributed by atoms with van der Waals surface area (Å²) in [7, 11) is 1.79. The van der Waals surface area contributed by atoms with E-state index in [-0.39, 0.29) is 12.1 Å². The largest absolute Gasteiger partial charge is 0.342 e. The Morgan fingerprint density at radius 2 is 2.12 bits per heavy atom. The zero-order chi connectivity index (χ0) is 18.7. The minimum Gasteiger partial charge on any atom is -0.342 e. The van der Waals surface area contributed by atoms with Crippen molar-refractivity contribution in [1.29, 1.82) is 0 Å². The summed E-state index contributed by atoms with van der Waals surface area (Å²) in [5, 5.41) is 2.96. The Kier molecular flexibility index (Phi) is 5.21. The number of aromatic amines is 1. The van der Waals surface area contributed by atoms with Crippen LogP contribution in [0.2, 0.25) is 0 Å². The second-order valence-corrected chi connectivity index (χ2v) is 6.64. The molecule has 0 bridgehead atoms.